The van der Waals surface area contributed by atoms with Gasteiger partial charge in [-0.05, 0) is 12.5 Å². The highest BCUT2D eigenvalue weighted by atomic mass is 16.4. The molecule has 3 N–H and O–H groups in total. The van der Waals surface area contributed by atoms with Crippen molar-refractivity contribution in [3.8, 4) is 0 Å². The first kappa shape index (κ1) is 11.7. The van der Waals surface area contributed by atoms with Crippen molar-refractivity contribution in [2.24, 2.45) is 0 Å². The van der Waals surface area contributed by atoms with Gasteiger partial charge in [0, 0.05) is 6.54 Å². The molecule has 15 heavy (non-hydrogen) atoms. The first-order valence-corrected chi connectivity index (χ1v) is 4.80. The highest BCUT2D eigenvalue weighted by molar-refractivity contribution is 5.72. The molecule has 0 aliphatic heterocycles. The third kappa shape index (κ3) is 3.69. The van der Waals surface area contributed by atoms with Crippen LogP contribution in [0.25, 0.3) is 0 Å². The van der Waals surface area contributed by atoms with Crippen LogP contribution >= 0.6 is 0 Å². The van der Waals surface area contributed by atoms with E-state index in [1.807, 2.05) is 18.2 Å². The fourth-order valence-corrected chi connectivity index (χ4v) is 1.17. The average molecular weight is 209 g/mol. The number of nitrogens with one attached hydrogen (secondary N) is 1. The molecule has 0 aliphatic rings. The lowest BCUT2D eigenvalue weighted by molar-refractivity contribution is -0.139. The summed E-state index contributed by atoms with van der Waals surface area (Å²) in [7, 11) is 0. The molecule has 0 fully saturated rings. The minimum absolute atomic E-state index is 0.234. The van der Waals surface area contributed by atoms with E-state index in [9.17, 15) is 9.90 Å². The van der Waals surface area contributed by atoms with E-state index in [-0.39, 0.29) is 6.54 Å². The number of aliphatic hydroxyl groups excluding tert-OH is 1. The standard InChI is InChI=1S/C11H15NO3/c1-8(11(14)15)12-7-10(13)9-5-3-2-4-6-9/h2-6,8,10,12-13H,7H2,1H3,(H,14,15). The van der Waals surface area contributed by atoms with Crippen LogP contribution < -0.4 is 5.32 Å². The van der Waals surface area contributed by atoms with Gasteiger partial charge in [0.2, 0.25) is 0 Å². The molecule has 0 bridgehead atoms. The highest BCUT2D eigenvalue weighted by Crippen LogP contribution is 2.10. The summed E-state index contributed by atoms with van der Waals surface area (Å²) in [5.41, 5.74) is 0.780. The predicted octanol–water partition coefficient (Wildman–Crippen LogP) is 0.783. The Balaban J connectivity index is 2.43. The zero-order valence-electron chi connectivity index (χ0n) is 8.55. The van der Waals surface area contributed by atoms with Crippen molar-refractivity contribution in [2.75, 3.05) is 6.54 Å². The maximum absolute atomic E-state index is 10.5. The van der Waals surface area contributed by atoms with Gasteiger partial charge in [0.05, 0.1) is 6.10 Å². The van der Waals surface area contributed by atoms with E-state index in [0.29, 0.717) is 0 Å². The monoisotopic (exact) mass is 209 g/mol. The second kappa shape index (κ2) is 5.48. The minimum Gasteiger partial charge on any atom is -0.480 e. The van der Waals surface area contributed by atoms with Crippen molar-refractivity contribution < 1.29 is 15.0 Å². The van der Waals surface area contributed by atoms with Crippen molar-refractivity contribution >= 4 is 5.97 Å². The number of carboxylic acids is 1. The maximum Gasteiger partial charge on any atom is 0.320 e. The van der Waals surface area contributed by atoms with Crippen LogP contribution in [0.1, 0.15) is 18.6 Å². The molecule has 2 atom stereocenters. The molecule has 1 rings (SSSR count). The van der Waals surface area contributed by atoms with Gasteiger partial charge in [-0.2, -0.15) is 0 Å². The number of hydrogen-bond donors (Lipinski definition) is 3. The van der Waals surface area contributed by atoms with Gasteiger partial charge < -0.3 is 15.5 Å². The summed E-state index contributed by atoms with van der Waals surface area (Å²) >= 11 is 0. The van der Waals surface area contributed by atoms with Crippen LogP contribution in [0.3, 0.4) is 0 Å². The van der Waals surface area contributed by atoms with Crippen LogP contribution in [0.4, 0.5) is 0 Å². The second-order valence-corrected chi connectivity index (χ2v) is 3.39. The lowest BCUT2D eigenvalue weighted by Gasteiger charge is -2.14. The summed E-state index contributed by atoms with van der Waals surface area (Å²) in [6.45, 7) is 1.78. The summed E-state index contributed by atoms with van der Waals surface area (Å²) < 4.78 is 0. The van der Waals surface area contributed by atoms with E-state index < -0.39 is 18.1 Å². The molecule has 1 aromatic rings. The summed E-state index contributed by atoms with van der Waals surface area (Å²) in [5, 5.41) is 21.0. The first-order valence-electron chi connectivity index (χ1n) is 4.80. The average Bonchev–Trinajstić information content (AvgIpc) is 2.26. The number of aliphatic hydroxyl groups is 1. The Kier molecular flexibility index (Phi) is 4.27. The van der Waals surface area contributed by atoms with Crippen molar-refractivity contribution in [1.82, 2.24) is 5.32 Å². The molecule has 0 aliphatic carbocycles. The molecular formula is C11H15NO3. The second-order valence-electron chi connectivity index (χ2n) is 3.39. The van der Waals surface area contributed by atoms with E-state index in [1.54, 1.807) is 19.1 Å². The molecule has 82 valence electrons. The Bertz CT molecular complexity index is 313. The van der Waals surface area contributed by atoms with Crippen LogP contribution in [0.5, 0.6) is 0 Å². The SMILES string of the molecule is CC(NCC(O)c1ccccc1)C(=O)O. The Morgan fingerprint density at radius 2 is 2.00 bits per heavy atom. The van der Waals surface area contributed by atoms with E-state index in [0.717, 1.165) is 5.56 Å². The quantitative estimate of drug-likeness (QED) is 0.670. The van der Waals surface area contributed by atoms with Gasteiger partial charge >= 0.3 is 5.97 Å². The van der Waals surface area contributed by atoms with Crippen LogP contribution in [0.2, 0.25) is 0 Å². The Hall–Kier alpha value is -1.39. The van der Waals surface area contributed by atoms with Crippen LogP contribution in [0.15, 0.2) is 30.3 Å². The molecule has 4 heteroatoms. The van der Waals surface area contributed by atoms with Gasteiger partial charge in [-0.3, -0.25) is 4.79 Å². The third-order valence-corrected chi connectivity index (χ3v) is 2.17. The van der Waals surface area contributed by atoms with Gasteiger partial charge in [0.1, 0.15) is 6.04 Å². The molecule has 0 radical (unpaired) electrons. The molecule has 2 unspecified atom stereocenters. The Morgan fingerprint density at radius 3 is 2.53 bits per heavy atom. The fourth-order valence-electron chi connectivity index (χ4n) is 1.17. The third-order valence-electron chi connectivity index (χ3n) is 2.17. The molecule has 1 aromatic carbocycles. The van der Waals surface area contributed by atoms with Gasteiger partial charge in [-0.15, -0.1) is 0 Å². The molecular weight excluding hydrogens is 194 g/mol. The van der Waals surface area contributed by atoms with Gasteiger partial charge in [-0.25, -0.2) is 0 Å². The number of aliphatic carboxylic acids is 1. The summed E-state index contributed by atoms with van der Waals surface area (Å²) in [6, 6.07) is 8.49. The predicted molar refractivity (Wildman–Crippen MR) is 56.5 cm³/mol. The lowest BCUT2D eigenvalue weighted by Crippen LogP contribution is -2.36. The first-order chi connectivity index (χ1) is 7.11. The number of carbonyl (C=O) groups is 1. The number of rotatable bonds is 5. The highest BCUT2D eigenvalue weighted by Gasteiger charge is 2.12. The van der Waals surface area contributed by atoms with Crippen molar-refractivity contribution in [3.05, 3.63) is 35.9 Å². The zero-order valence-corrected chi connectivity index (χ0v) is 8.55. The molecule has 0 heterocycles. The molecule has 0 saturated heterocycles. The molecule has 4 nitrogen and oxygen atoms in total. The van der Waals surface area contributed by atoms with Gasteiger partial charge in [0.25, 0.3) is 0 Å². The largest absolute Gasteiger partial charge is 0.480 e. The van der Waals surface area contributed by atoms with Crippen LogP contribution in [0, 0.1) is 0 Å². The van der Waals surface area contributed by atoms with Crippen molar-refractivity contribution in [1.29, 1.82) is 0 Å². The lowest BCUT2D eigenvalue weighted by atomic mass is 10.1. The van der Waals surface area contributed by atoms with Crippen LogP contribution in [-0.4, -0.2) is 28.8 Å². The fraction of sp³-hybridized carbons (Fsp3) is 0.364. The van der Waals surface area contributed by atoms with E-state index in [4.69, 9.17) is 5.11 Å². The number of carboxylic acid groups (broad SMARTS) is 1. The smallest absolute Gasteiger partial charge is 0.320 e. The minimum atomic E-state index is -0.921. The Labute approximate surface area is 88.6 Å². The van der Waals surface area contributed by atoms with Crippen molar-refractivity contribution in [2.45, 2.75) is 19.1 Å². The normalized spacial score (nSPS) is 14.5. The number of benzene rings is 1. The van der Waals surface area contributed by atoms with Crippen LogP contribution in [-0.2, 0) is 4.79 Å². The summed E-state index contributed by atoms with van der Waals surface area (Å²) in [5.74, 6) is -0.921. The Morgan fingerprint density at radius 1 is 1.40 bits per heavy atom. The molecule has 0 spiro atoms. The van der Waals surface area contributed by atoms with E-state index >= 15 is 0 Å². The molecule has 0 saturated carbocycles. The summed E-state index contributed by atoms with van der Waals surface area (Å²) in [4.78, 5) is 10.5. The topological polar surface area (TPSA) is 69.6 Å². The zero-order chi connectivity index (χ0) is 11.3. The van der Waals surface area contributed by atoms with E-state index in [2.05, 4.69) is 5.32 Å². The van der Waals surface area contributed by atoms with Gasteiger partial charge in [-0.1, -0.05) is 30.3 Å². The van der Waals surface area contributed by atoms with Crippen molar-refractivity contribution in [3.63, 3.8) is 0 Å². The van der Waals surface area contributed by atoms with Gasteiger partial charge in [0.15, 0.2) is 0 Å². The van der Waals surface area contributed by atoms with E-state index in [1.165, 1.54) is 0 Å². The molecule has 0 amide bonds. The number of hydrogen-bond acceptors (Lipinski definition) is 3. The maximum atomic E-state index is 10.5. The summed E-state index contributed by atoms with van der Waals surface area (Å²) in [6.07, 6.45) is -0.673. The molecule has 0 aromatic heterocycles.